The number of fused-ring (bicyclic) bond motifs is 5. The van der Waals surface area contributed by atoms with Gasteiger partial charge in [0, 0.05) is 27.8 Å². The number of aromatic nitrogens is 1. The molecule has 0 aliphatic heterocycles. The van der Waals surface area contributed by atoms with Gasteiger partial charge in [0.15, 0.2) is 0 Å². The van der Waals surface area contributed by atoms with Crippen LogP contribution in [0, 0.1) is 0 Å². The van der Waals surface area contributed by atoms with E-state index in [1.807, 2.05) is 0 Å². The molecule has 0 amide bonds. The highest BCUT2D eigenvalue weighted by molar-refractivity contribution is 6.23. The highest BCUT2D eigenvalue weighted by atomic mass is 15.2. The van der Waals surface area contributed by atoms with E-state index in [2.05, 4.69) is 204 Å². The Bertz CT molecular complexity index is 2430. The summed E-state index contributed by atoms with van der Waals surface area (Å²) in [5, 5.41) is 5.01. The van der Waals surface area contributed by atoms with E-state index in [0.717, 1.165) is 22.7 Å². The summed E-state index contributed by atoms with van der Waals surface area (Å²) >= 11 is 0. The lowest BCUT2D eigenvalue weighted by atomic mass is 10.0. The summed E-state index contributed by atoms with van der Waals surface area (Å²) in [6.45, 7) is 0. The Morgan fingerprint density at radius 3 is 1.46 bits per heavy atom. The molecular formula is C46H32N2. The van der Waals surface area contributed by atoms with Crippen molar-refractivity contribution in [3.63, 3.8) is 0 Å². The molecule has 0 fully saturated rings. The molecule has 0 aliphatic rings. The molecule has 9 rings (SSSR count). The fourth-order valence-corrected chi connectivity index (χ4v) is 7.14. The van der Waals surface area contributed by atoms with Crippen LogP contribution in [0.2, 0.25) is 0 Å². The van der Waals surface area contributed by atoms with Gasteiger partial charge in [0.2, 0.25) is 0 Å². The molecule has 2 heteroatoms. The summed E-state index contributed by atoms with van der Waals surface area (Å²) in [6, 6.07) is 69.8. The second kappa shape index (κ2) is 11.8. The van der Waals surface area contributed by atoms with Crippen LogP contribution in [0.5, 0.6) is 0 Å². The maximum absolute atomic E-state index is 2.44. The molecule has 9 aromatic rings. The Kier molecular flexibility index (Phi) is 6.84. The molecule has 0 bridgehead atoms. The first-order chi connectivity index (χ1) is 23.8. The van der Waals surface area contributed by atoms with Gasteiger partial charge in [0.05, 0.1) is 16.7 Å². The van der Waals surface area contributed by atoms with Crippen molar-refractivity contribution >= 4 is 49.6 Å². The predicted molar refractivity (Wildman–Crippen MR) is 204 cm³/mol. The largest absolute Gasteiger partial charge is 0.308 e. The topological polar surface area (TPSA) is 8.17 Å². The molecule has 0 atom stereocenters. The second-order valence-electron chi connectivity index (χ2n) is 12.2. The van der Waals surface area contributed by atoms with Crippen molar-refractivity contribution in [1.82, 2.24) is 4.57 Å². The molecule has 0 unspecified atom stereocenters. The van der Waals surface area contributed by atoms with E-state index < -0.39 is 0 Å². The van der Waals surface area contributed by atoms with Crippen molar-refractivity contribution in [3.8, 4) is 27.9 Å². The summed E-state index contributed by atoms with van der Waals surface area (Å²) in [5.41, 5.74) is 11.6. The van der Waals surface area contributed by atoms with Crippen LogP contribution in [0.4, 0.5) is 17.1 Å². The van der Waals surface area contributed by atoms with Gasteiger partial charge in [-0.05, 0) is 81.6 Å². The Morgan fingerprint density at radius 2 is 0.854 bits per heavy atom. The molecule has 0 saturated carbocycles. The molecule has 8 aromatic carbocycles. The third-order valence-electron chi connectivity index (χ3n) is 9.38. The van der Waals surface area contributed by atoms with E-state index in [1.165, 1.54) is 54.8 Å². The number of nitrogens with zero attached hydrogens (tertiary/aromatic N) is 2. The Labute approximate surface area is 280 Å². The van der Waals surface area contributed by atoms with Gasteiger partial charge >= 0.3 is 0 Å². The Morgan fingerprint density at radius 1 is 0.354 bits per heavy atom. The third kappa shape index (κ3) is 4.74. The van der Waals surface area contributed by atoms with Crippen molar-refractivity contribution in [2.45, 2.75) is 0 Å². The molecule has 1 heterocycles. The van der Waals surface area contributed by atoms with Gasteiger partial charge in [-0.1, -0.05) is 146 Å². The van der Waals surface area contributed by atoms with Crippen LogP contribution in [0.1, 0.15) is 0 Å². The van der Waals surface area contributed by atoms with Gasteiger partial charge in [-0.2, -0.15) is 0 Å². The van der Waals surface area contributed by atoms with E-state index in [9.17, 15) is 0 Å². The molecular weight excluding hydrogens is 581 g/mol. The van der Waals surface area contributed by atoms with Crippen molar-refractivity contribution in [3.05, 3.63) is 194 Å². The lowest BCUT2D eigenvalue weighted by Gasteiger charge is -2.27. The van der Waals surface area contributed by atoms with E-state index >= 15 is 0 Å². The number of hydrogen-bond donors (Lipinski definition) is 0. The summed E-state index contributed by atoms with van der Waals surface area (Å²) < 4.78 is 2.44. The number of rotatable bonds is 6. The normalized spacial score (nSPS) is 11.3. The molecule has 0 N–H and O–H groups in total. The summed E-state index contributed by atoms with van der Waals surface area (Å²) in [6.07, 6.45) is 0. The maximum atomic E-state index is 2.44. The second-order valence-corrected chi connectivity index (χ2v) is 12.2. The molecule has 1 aromatic heterocycles. The van der Waals surface area contributed by atoms with Crippen molar-refractivity contribution in [2.24, 2.45) is 0 Å². The zero-order valence-corrected chi connectivity index (χ0v) is 26.4. The van der Waals surface area contributed by atoms with Gasteiger partial charge in [-0.15, -0.1) is 0 Å². The fraction of sp³-hybridized carbons (Fsp3) is 0. The molecule has 0 aliphatic carbocycles. The SMILES string of the molecule is c1ccc(-c2ccc(N(c3ccc(-c4ccccc4)cc3)c3cccc4c5c6ccccc6ccc5n(-c5ccccc5)c34)cc2)cc1. The monoisotopic (exact) mass is 612 g/mol. The van der Waals surface area contributed by atoms with Gasteiger partial charge < -0.3 is 9.47 Å². The number of para-hydroxylation sites is 2. The standard InChI is InChI=1S/C46H32N2/c1-4-13-33(14-5-1)35-23-28-39(29-24-35)47(40-30-25-36(26-31-40)34-15-6-2-7-16-34)44-22-12-21-42-45-41-20-11-10-17-37(41)27-32-43(45)48(46(42)44)38-18-8-3-9-19-38/h1-32H. The van der Waals surface area contributed by atoms with E-state index in [0.29, 0.717) is 0 Å². The van der Waals surface area contributed by atoms with Crippen LogP contribution in [-0.4, -0.2) is 4.57 Å². The van der Waals surface area contributed by atoms with E-state index in [4.69, 9.17) is 0 Å². The highest BCUT2D eigenvalue weighted by Gasteiger charge is 2.22. The Balaban J connectivity index is 1.32. The number of anilines is 3. The van der Waals surface area contributed by atoms with Gasteiger partial charge in [-0.3, -0.25) is 0 Å². The molecule has 0 saturated heterocycles. The molecule has 0 spiro atoms. The minimum atomic E-state index is 1.10. The van der Waals surface area contributed by atoms with E-state index in [1.54, 1.807) is 0 Å². The lowest BCUT2D eigenvalue weighted by molar-refractivity contribution is 1.17. The van der Waals surface area contributed by atoms with Crippen LogP contribution in [0.3, 0.4) is 0 Å². The molecule has 48 heavy (non-hydrogen) atoms. The Hall–Kier alpha value is -6.38. The third-order valence-corrected chi connectivity index (χ3v) is 9.38. The average molecular weight is 613 g/mol. The number of benzene rings is 8. The maximum Gasteiger partial charge on any atom is 0.0782 e. The average Bonchev–Trinajstić information content (AvgIpc) is 3.52. The highest BCUT2D eigenvalue weighted by Crippen LogP contribution is 2.45. The smallest absolute Gasteiger partial charge is 0.0782 e. The molecule has 2 nitrogen and oxygen atoms in total. The van der Waals surface area contributed by atoms with Gasteiger partial charge in [0.25, 0.3) is 0 Å². The van der Waals surface area contributed by atoms with Gasteiger partial charge in [0.1, 0.15) is 0 Å². The molecule has 226 valence electrons. The van der Waals surface area contributed by atoms with Crippen molar-refractivity contribution in [2.75, 3.05) is 4.90 Å². The number of hydrogen-bond acceptors (Lipinski definition) is 1. The van der Waals surface area contributed by atoms with Crippen molar-refractivity contribution in [1.29, 1.82) is 0 Å². The van der Waals surface area contributed by atoms with Crippen LogP contribution < -0.4 is 4.90 Å². The quantitative estimate of drug-likeness (QED) is 0.181. The summed E-state index contributed by atoms with van der Waals surface area (Å²) in [5.74, 6) is 0. The first kappa shape index (κ1) is 27.9. The van der Waals surface area contributed by atoms with Crippen LogP contribution in [0.25, 0.3) is 60.5 Å². The molecule has 0 radical (unpaired) electrons. The summed E-state index contributed by atoms with van der Waals surface area (Å²) in [4.78, 5) is 2.41. The first-order valence-electron chi connectivity index (χ1n) is 16.4. The fourth-order valence-electron chi connectivity index (χ4n) is 7.14. The zero-order chi connectivity index (χ0) is 31.9. The van der Waals surface area contributed by atoms with Crippen LogP contribution in [-0.2, 0) is 0 Å². The first-order valence-corrected chi connectivity index (χ1v) is 16.4. The zero-order valence-electron chi connectivity index (χ0n) is 26.4. The van der Waals surface area contributed by atoms with Gasteiger partial charge in [-0.25, -0.2) is 0 Å². The minimum Gasteiger partial charge on any atom is -0.308 e. The predicted octanol–water partition coefficient (Wildman–Crippen LogP) is 12.7. The lowest BCUT2D eigenvalue weighted by Crippen LogP contribution is -2.11. The van der Waals surface area contributed by atoms with Crippen LogP contribution in [0.15, 0.2) is 194 Å². The minimum absolute atomic E-state index is 1.10. The van der Waals surface area contributed by atoms with E-state index in [-0.39, 0.29) is 0 Å². The van der Waals surface area contributed by atoms with Crippen molar-refractivity contribution < 1.29 is 0 Å². The summed E-state index contributed by atoms with van der Waals surface area (Å²) in [7, 11) is 0. The van der Waals surface area contributed by atoms with Crippen LogP contribution >= 0.6 is 0 Å².